The number of carbonyl (C=O) groups is 1. The molecule has 1 aromatic heterocycles. The van der Waals surface area contributed by atoms with Gasteiger partial charge in [-0.15, -0.1) is 0 Å². The van der Waals surface area contributed by atoms with Crippen LogP contribution in [0.25, 0.3) is 0 Å². The number of benzene rings is 1. The molecular formula is C18H23N3O3. The molecule has 2 rings (SSSR count). The maximum Gasteiger partial charge on any atom is 0.220 e. The molecule has 0 radical (unpaired) electrons. The SMILES string of the molecule is CNCCCC(=O)NCc1ccnc(Oc2ccc(OC)cc2)c1. The third-order valence-electron chi connectivity index (χ3n) is 3.40. The van der Waals surface area contributed by atoms with Crippen molar-refractivity contribution in [2.24, 2.45) is 0 Å². The number of nitrogens with zero attached hydrogens (tertiary/aromatic N) is 1. The molecule has 1 amide bonds. The second kappa shape index (κ2) is 9.52. The molecule has 1 heterocycles. The van der Waals surface area contributed by atoms with Gasteiger partial charge < -0.3 is 20.1 Å². The molecule has 0 aliphatic carbocycles. The van der Waals surface area contributed by atoms with Gasteiger partial charge in [0.05, 0.1) is 7.11 Å². The Balaban J connectivity index is 1.87. The Kier molecular flexibility index (Phi) is 7.04. The van der Waals surface area contributed by atoms with Crippen LogP contribution in [-0.4, -0.2) is 31.6 Å². The van der Waals surface area contributed by atoms with Gasteiger partial charge in [0, 0.05) is 25.2 Å². The number of aromatic nitrogens is 1. The van der Waals surface area contributed by atoms with E-state index in [9.17, 15) is 4.79 Å². The summed E-state index contributed by atoms with van der Waals surface area (Å²) in [7, 11) is 3.49. The lowest BCUT2D eigenvalue weighted by Crippen LogP contribution is -2.23. The molecule has 0 aliphatic rings. The van der Waals surface area contributed by atoms with Crippen LogP contribution in [0.3, 0.4) is 0 Å². The normalized spacial score (nSPS) is 10.2. The minimum atomic E-state index is 0.0414. The fourth-order valence-electron chi connectivity index (χ4n) is 2.10. The first kappa shape index (κ1) is 17.7. The first-order chi connectivity index (χ1) is 11.7. The van der Waals surface area contributed by atoms with Crippen molar-refractivity contribution in [2.45, 2.75) is 19.4 Å². The smallest absolute Gasteiger partial charge is 0.220 e. The fourth-order valence-corrected chi connectivity index (χ4v) is 2.10. The molecule has 0 spiro atoms. The van der Waals surface area contributed by atoms with Gasteiger partial charge >= 0.3 is 0 Å². The Morgan fingerprint density at radius 3 is 2.62 bits per heavy atom. The van der Waals surface area contributed by atoms with Crippen LogP contribution in [0, 0.1) is 0 Å². The molecule has 2 N–H and O–H groups in total. The van der Waals surface area contributed by atoms with Crippen molar-refractivity contribution >= 4 is 5.91 Å². The maximum atomic E-state index is 11.7. The lowest BCUT2D eigenvalue weighted by Gasteiger charge is -2.08. The van der Waals surface area contributed by atoms with E-state index >= 15 is 0 Å². The summed E-state index contributed by atoms with van der Waals surface area (Å²) in [6, 6.07) is 11.0. The Hall–Kier alpha value is -2.60. The summed E-state index contributed by atoms with van der Waals surface area (Å²) in [6.45, 7) is 1.29. The van der Waals surface area contributed by atoms with Crippen molar-refractivity contribution in [1.29, 1.82) is 0 Å². The average molecular weight is 329 g/mol. The first-order valence-electron chi connectivity index (χ1n) is 7.89. The maximum absolute atomic E-state index is 11.7. The average Bonchev–Trinajstić information content (AvgIpc) is 2.61. The molecule has 0 unspecified atom stereocenters. The number of ether oxygens (including phenoxy) is 2. The predicted octanol–water partition coefficient (Wildman–Crippen LogP) is 2.50. The second-order valence-corrected chi connectivity index (χ2v) is 5.26. The van der Waals surface area contributed by atoms with Gasteiger partial charge in [0.2, 0.25) is 11.8 Å². The highest BCUT2D eigenvalue weighted by atomic mass is 16.5. The molecule has 6 heteroatoms. The Bertz CT molecular complexity index is 644. The first-order valence-corrected chi connectivity index (χ1v) is 7.89. The molecule has 128 valence electrons. The van der Waals surface area contributed by atoms with E-state index in [1.165, 1.54) is 0 Å². The van der Waals surface area contributed by atoms with E-state index in [4.69, 9.17) is 9.47 Å². The molecule has 0 aliphatic heterocycles. The molecule has 0 atom stereocenters. The van der Waals surface area contributed by atoms with Crippen LogP contribution < -0.4 is 20.1 Å². The van der Waals surface area contributed by atoms with Gasteiger partial charge in [-0.1, -0.05) is 0 Å². The van der Waals surface area contributed by atoms with Crippen molar-refractivity contribution in [3.63, 3.8) is 0 Å². The summed E-state index contributed by atoms with van der Waals surface area (Å²) < 4.78 is 10.8. The molecule has 24 heavy (non-hydrogen) atoms. The van der Waals surface area contributed by atoms with Crippen molar-refractivity contribution in [3.05, 3.63) is 48.2 Å². The number of hydrogen-bond acceptors (Lipinski definition) is 5. The summed E-state index contributed by atoms with van der Waals surface area (Å²) in [5, 5.41) is 5.92. The molecule has 0 saturated carbocycles. The van der Waals surface area contributed by atoms with E-state index in [1.807, 2.05) is 43.4 Å². The summed E-state index contributed by atoms with van der Waals surface area (Å²) >= 11 is 0. The van der Waals surface area contributed by atoms with Crippen LogP contribution in [0.1, 0.15) is 18.4 Å². The van der Waals surface area contributed by atoms with E-state index in [0.717, 1.165) is 24.3 Å². The molecule has 2 aromatic rings. The van der Waals surface area contributed by atoms with Gasteiger partial charge in [-0.25, -0.2) is 4.98 Å². The summed E-state index contributed by atoms with van der Waals surface area (Å²) in [5.74, 6) is 1.98. The van der Waals surface area contributed by atoms with Gasteiger partial charge in [-0.2, -0.15) is 0 Å². The summed E-state index contributed by atoms with van der Waals surface area (Å²) in [4.78, 5) is 15.9. The van der Waals surface area contributed by atoms with Crippen LogP contribution >= 0.6 is 0 Å². The number of nitrogens with one attached hydrogen (secondary N) is 2. The number of methoxy groups -OCH3 is 1. The van der Waals surface area contributed by atoms with E-state index in [2.05, 4.69) is 15.6 Å². The van der Waals surface area contributed by atoms with Gasteiger partial charge in [0.25, 0.3) is 0 Å². The second-order valence-electron chi connectivity index (χ2n) is 5.26. The van der Waals surface area contributed by atoms with Gasteiger partial charge in [0.1, 0.15) is 11.5 Å². The Morgan fingerprint density at radius 1 is 1.17 bits per heavy atom. The largest absolute Gasteiger partial charge is 0.497 e. The number of amides is 1. The van der Waals surface area contributed by atoms with Crippen LogP contribution in [0.5, 0.6) is 17.4 Å². The topological polar surface area (TPSA) is 72.5 Å². The van der Waals surface area contributed by atoms with Crippen molar-refractivity contribution in [3.8, 4) is 17.4 Å². The van der Waals surface area contributed by atoms with E-state index in [1.54, 1.807) is 13.3 Å². The zero-order valence-corrected chi connectivity index (χ0v) is 14.0. The fraction of sp³-hybridized carbons (Fsp3) is 0.333. The monoisotopic (exact) mass is 329 g/mol. The summed E-state index contributed by atoms with van der Waals surface area (Å²) in [6.07, 6.45) is 3.01. The lowest BCUT2D eigenvalue weighted by molar-refractivity contribution is -0.121. The van der Waals surface area contributed by atoms with E-state index in [0.29, 0.717) is 24.6 Å². The highest BCUT2D eigenvalue weighted by Gasteiger charge is 2.04. The predicted molar refractivity (Wildman–Crippen MR) is 92.3 cm³/mol. The Morgan fingerprint density at radius 2 is 1.92 bits per heavy atom. The summed E-state index contributed by atoms with van der Waals surface area (Å²) in [5.41, 5.74) is 0.940. The minimum Gasteiger partial charge on any atom is -0.497 e. The zero-order chi connectivity index (χ0) is 17.2. The standard InChI is InChI=1S/C18H23N3O3/c1-19-10-3-4-17(22)21-13-14-9-11-20-18(12-14)24-16-7-5-15(23-2)6-8-16/h5-9,11-12,19H,3-4,10,13H2,1-2H3,(H,21,22). The zero-order valence-electron chi connectivity index (χ0n) is 14.0. The highest BCUT2D eigenvalue weighted by molar-refractivity contribution is 5.75. The van der Waals surface area contributed by atoms with Crippen LogP contribution in [0.4, 0.5) is 0 Å². The lowest BCUT2D eigenvalue weighted by atomic mass is 10.2. The van der Waals surface area contributed by atoms with Crippen LogP contribution in [0.2, 0.25) is 0 Å². The van der Waals surface area contributed by atoms with Crippen LogP contribution in [-0.2, 0) is 11.3 Å². The van der Waals surface area contributed by atoms with Crippen molar-refractivity contribution in [2.75, 3.05) is 20.7 Å². The quantitative estimate of drug-likeness (QED) is 0.692. The minimum absolute atomic E-state index is 0.0414. The molecule has 0 saturated heterocycles. The number of hydrogen-bond donors (Lipinski definition) is 2. The van der Waals surface area contributed by atoms with E-state index < -0.39 is 0 Å². The third kappa shape index (κ3) is 5.89. The van der Waals surface area contributed by atoms with Crippen LogP contribution in [0.15, 0.2) is 42.6 Å². The molecule has 0 fully saturated rings. The molecule has 0 bridgehead atoms. The van der Waals surface area contributed by atoms with Gasteiger partial charge in [-0.3, -0.25) is 4.79 Å². The molecular weight excluding hydrogens is 306 g/mol. The number of pyridine rings is 1. The van der Waals surface area contributed by atoms with Gasteiger partial charge in [-0.05, 0) is 55.9 Å². The number of rotatable bonds is 9. The molecule has 1 aromatic carbocycles. The van der Waals surface area contributed by atoms with E-state index in [-0.39, 0.29) is 5.91 Å². The van der Waals surface area contributed by atoms with Crippen molar-refractivity contribution < 1.29 is 14.3 Å². The van der Waals surface area contributed by atoms with Gasteiger partial charge in [0.15, 0.2) is 0 Å². The Labute approximate surface area is 142 Å². The number of carbonyl (C=O) groups excluding carboxylic acids is 1. The third-order valence-corrected chi connectivity index (χ3v) is 3.40. The molecule has 6 nitrogen and oxygen atoms in total. The van der Waals surface area contributed by atoms with Crippen molar-refractivity contribution in [1.82, 2.24) is 15.6 Å². The highest BCUT2D eigenvalue weighted by Crippen LogP contribution is 2.22.